The summed E-state index contributed by atoms with van der Waals surface area (Å²) in [4.78, 5) is 24.6. The molecule has 4 rings (SSSR count). The number of hydrogen-bond acceptors (Lipinski definition) is 4. The molecule has 0 aromatic heterocycles. The maximum Gasteiger partial charge on any atom is 0.412 e. The van der Waals surface area contributed by atoms with Gasteiger partial charge in [-0.15, -0.1) is 0 Å². The molecule has 0 saturated heterocycles. The zero-order chi connectivity index (χ0) is 18.6. The SMILES string of the molecule is O=C(Nc1ccccc1)O[C@H]1[C@@H]2CC[C@@H](C2)[C@@H]1OC(=O)Nc1ccccc1. The largest absolute Gasteiger partial charge is 0.442 e. The summed E-state index contributed by atoms with van der Waals surface area (Å²) in [6, 6.07) is 18.3. The van der Waals surface area contributed by atoms with Gasteiger partial charge in [0.05, 0.1) is 0 Å². The van der Waals surface area contributed by atoms with Gasteiger partial charge in [0, 0.05) is 23.2 Å². The Balaban J connectivity index is 1.37. The van der Waals surface area contributed by atoms with E-state index in [1.807, 2.05) is 36.4 Å². The molecule has 6 heteroatoms. The maximum atomic E-state index is 12.3. The van der Waals surface area contributed by atoms with Gasteiger partial charge in [-0.05, 0) is 43.5 Å². The fourth-order valence-electron chi connectivity index (χ4n) is 4.10. The Morgan fingerprint density at radius 1 is 0.704 bits per heavy atom. The molecule has 0 heterocycles. The summed E-state index contributed by atoms with van der Waals surface area (Å²) in [5.74, 6) is 0.483. The van der Waals surface area contributed by atoms with Crippen LogP contribution < -0.4 is 10.6 Å². The van der Waals surface area contributed by atoms with Gasteiger partial charge in [-0.2, -0.15) is 0 Å². The first-order chi connectivity index (χ1) is 13.2. The topological polar surface area (TPSA) is 76.7 Å². The second-order valence-corrected chi connectivity index (χ2v) is 7.06. The van der Waals surface area contributed by atoms with Gasteiger partial charge < -0.3 is 9.47 Å². The lowest BCUT2D eigenvalue weighted by Crippen LogP contribution is -2.41. The van der Waals surface area contributed by atoms with Crippen molar-refractivity contribution in [2.45, 2.75) is 31.5 Å². The Bertz CT molecular complexity index is 729. The molecule has 2 bridgehead atoms. The summed E-state index contributed by atoms with van der Waals surface area (Å²) < 4.78 is 11.3. The standard InChI is InChI=1S/C21H22N2O4/c24-20(22-16-7-3-1-4-8-16)26-18-14-11-12-15(13-14)19(18)27-21(25)23-17-9-5-2-6-10-17/h1-10,14-15,18-19H,11-13H2,(H,22,24)(H,23,25)/t14-,15+,18-,19-/m0/s1. The Labute approximate surface area is 157 Å². The van der Waals surface area contributed by atoms with Crippen molar-refractivity contribution in [1.82, 2.24) is 0 Å². The Kier molecular flexibility index (Phi) is 4.96. The third-order valence-electron chi connectivity index (χ3n) is 5.29. The summed E-state index contributed by atoms with van der Waals surface area (Å²) in [7, 11) is 0. The number of hydrogen-bond donors (Lipinski definition) is 2. The monoisotopic (exact) mass is 366 g/mol. The van der Waals surface area contributed by atoms with Gasteiger partial charge >= 0.3 is 12.2 Å². The highest BCUT2D eigenvalue weighted by Gasteiger charge is 2.52. The molecule has 2 fully saturated rings. The molecule has 2 amide bonds. The minimum atomic E-state index is -0.518. The van der Waals surface area contributed by atoms with Gasteiger partial charge in [0.15, 0.2) is 0 Å². The number of carbonyl (C=O) groups excluding carboxylic acids is 2. The molecule has 0 radical (unpaired) electrons. The minimum Gasteiger partial charge on any atom is -0.442 e. The quantitative estimate of drug-likeness (QED) is 0.826. The molecule has 140 valence electrons. The van der Waals surface area contributed by atoms with E-state index in [9.17, 15) is 9.59 Å². The van der Waals surface area contributed by atoms with Crippen LogP contribution in [0.15, 0.2) is 60.7 Å². The molecule has 0 aliphatic heterocycles. The van der Waals surface area contributed by atoms with Crippen LogP contribution in [0.1, 0.15) is 19.3 Å². The molecule has 4 atom stereocenters. The Morgan fingerprint density at radius 3 is 1.52 bits per heavy atom. The maximum absolute atomic E-state index is 12.3. The number of carbonyl (C=O) groups is 2. The second kappa shape index (κ2) is 7.70. The number of para-hydroxylation sites is 2. The van der Waals surface area contributed by atoms with Crippen LogP contribution in [0.5, 0.6) is 0 Å². The number of fused-ring (bicyclic) bond motifs is 2. The highest BCUT2D eigenvalue weighted by atomic mass is 16.6. The first-order valence-electron chi connectivity index (χ1n) is 9.24. The molecular formula is C21H22N2O4. The van der Waals surface area contributed by atoms with Crippen LogP contribution in [0.3, 0.4) is 0 Å². The number of amides is 2. The summed E-state index contributed by atoms with van der Waals surface area (Å²) in [6.45, 7) is 0. The lowest BCUT2D eigenvalue weighted by Gasteiger charge is -2.30. The fraction of sp³-hybridized carbons (Fsp3) is 0.333. The molecule has 2 aromatic rings. The first kappa shape index (κ1) is 17.4. The van der Waals surface area contributed by atoms with Crippen LogP contribution >= 0.6 is 0 Å². The normalized spacial score (nSPS) is 25.6. The third kappa shape index (κ3) is 4.05. The predicted octanol–water partition coefficient (Wildman–Crippen LogP) is 4.65. The highest BCUT2D eigenvalue weighted by Crippen LogP contribution is 2.47. The summed E-state index contributed by atoms with van der Waals surface area (Å²) in [6.07, 6.45) is 1.06. The Morgan fingerprint density at radius 2 is 1.11 bits per heavy atom. The summed E-state index contributed by atoms with van der Waals surface area (Å²) >= 11 is 0. The van der Waals surface area contributed by atoms with Crippen molar-refractivity contribution in [2.24, 2.45) is 11.8 Å². The second-order valence-electron chi connectivity index (χ2n) is 7.06. The van der Waals surface area contributed by atoms with Gasteiger partial charge in [-0.1, -0.05) is 36.4 Å². The number of nitrogens with one attached hydrogen (secondary N) is 2. The summed E-state index contributed by atoms with van der Waals surface area (Å²) in [5, 5.41) is 5.45. The lowest BCUT2D eigenvalue weighted by atomic mass is 9.94. The van der Waals surface area contributed by atoms with Crippen molar-refractivity contribution in [3.63, 3.8) is 0 Å². The van der Waals surface area contributed by atoms with Crippen LogP contribution in [0, 0.1) is 11.8 Å². The molecule has 0 unspecified atom stereocenters. The van der Waals surface area contributed by atoms with Gasteiger partial charge in [0.1, 0.15) is 12.2 Å². The van der Waals surface area contributed by atoms with Gasteiger partial charge in [-0.25, -0.2) is 9.59 Å². The van der Waals surface area contributed by atoms with E-state index in [4.69, 9.17) is 9.47 Å². The molecule has 6 nitrogen and oxygen atoms in total. The number of ether oxygens (including phenoxy) is 2. The van der Waals surface area contributed by atoms with E-state index in [0.717, 1.165) is 19.3 Å². The van der Waals surface area contributed by atoms with E-state index >= 15 is 0 Å². The number of rotatable bonds is 4. The molecule has 2 saturated carbocycles. The van der Waals surface area contributed by atoms with E-state index < -0.39 is 24.4 Å². The van der Waals surface area contributed by atoms with E-state index in [2.05, 4.69) is 10.6 Å². The molecule has 27 heavy (non-hydrogen) atoms. The molecule has 2 N–H and O–H groups in total. The fourth-order valence-corrected chi connectivity index (χ4v) is 4.10. The van der Waals surface area contributed by atoms with Crippen LogP contribution in [-0.4, -0.2) is 24.4 Å². The van der Waals surface area contributed by atoms with Crippen molar-refractivity contribution in [3.05, 3.63) is 60.7 Å². The van der Waals surface area contributed by atoms with Crippen LogP contribution in [-0.2, 0) is 9.47 Å². The zero-order valence-corrected chi connectivity index (χ0v) is 14.8. The first-order valence-corrected chi connectivity index (χ1v) is 9.24. The van der Waals surface area contributed by atoms with E-state index in [1.165, 1.54) is 0 Å². The Hall–Kier alpha value is -3.02. The minimum absolute atomic E-state index is 0.242. The van der Waals surface area contributed by atoms with Gasteiger partial charge in [0.25, 0.3) is 0 Å². The van der Waals surface area contributed by atoms with E-state index in [-0.39, 0.29) is 11.8 Å². The molecule has 0 spiro atoms. The lowest BCUT2D eigenvalue weighted by molar-refractivity contribution is -0.0289. The van der Waals surface area contributed by atoms with Crippen LogP contribution in [0.25, 0.3) is 0 Å². The van der Waals surface area contributed by atoms with Crippen molar-refractivity contribution in [1.29, 1.82) is 0 Å². The van der Waals surface area contributed by atoms with E-state index in [1.54, 1.807) is 24.3 Å². The molecule has 2 aromatic carbocycles. The van der Waals surface area contributed by atoms with E-state index in [0.29, 0.717) is 11.4 Å². The van der Waals surface area contributed by atoms with Crippen molar-refractivity contribution in [3.8, 4) is 0 Å². The highest BCUT2D eigenvalue weighted by molar-refractivity contribution is 5.85. The summed E-state index contributed by atoms with van der Waals surface area (Å²) in [5.41, 5.74) is 1.34. The van der Waals surface area contributed by atoms with Crippen LogP contribution in [0.4, 0.5) is 21.0 Å². The predicted molar refractivity (Wildman–Crippen MR) is 101 cm³/mol. The van der Waals surface area contributed by atoms with Gasteiger partial charge in [0.2, 0.25) is 0 Å². The molecule has 2 aliphatic carbocycles. The zero-order valence-electron chi connectivity index (χ0n) is 14.8. The third-order valence-corrected chi connectivity index (χ3v) is 5.29. The molecule has 2 aliphatic rings. The van der Waals surface area contributed by atoms with Gasteiger partial charge in [-0.3, -0.25) is 10.6 Å². The van der Waals surface area contributed by atoms with Crippen molar-refractivity contribution < 1.29 is 19.1 Å². The smallest absolute Gasteiger partial charge is 0.412 e. The number of benzene rings is 2. The average molecular weight is 366 g/mol. The van der Waals surface area contributed by atoms with Crippen molar-refractivity contribution in [2.75, 3.05) is 10.6 Å². The molecular weight excluding hydrogens is 344 g/mol. The average Bonchev–Trinajstić information content (AvgIpc) is 3.26. The van der Waals surface area contributed by atoms with Crippen LogP contribution in [0.2, 0.25) is 0 Å². The number of anilines is 2. The van der Waals surface area contributed by atoms with Crippen molar-refractivity contribution >= 4 is 23.6 Å².